The number of hydrogen-bond acceptors (Lipinski definition) is 4. The van der Waals surface area contributed by atoms with Crippen molar-refractivity contribution in [3.05, 3.63) is 36.2 Å². The molecule has 0 saturated carbocycles. The summed E-state index contributed by atoms with van der Waals surface area (Å²) in [7, 11) is 0. The molecule has 6 heteroatoms. The van der Waals surface area contributed by atoms with Gasteiger partial charge in [0.05, 0.1) is 17.8 Å². The number of amides is 2. The predicted octanol–water partition coefficient (Wildman–Crippen LogP) is 0.648. The van der Waals surface area contributed by atoms with Crippen LogP contribution in [-0.2, 0) is 14.4 Å². The van der Waals surface area contributed by atoms with E-state index in [9.17, 15) is 14.4 Å². The Hall–Kier alpha value is -2.50. The van der Waals surface area contributed by atoms with Gasteiger partial charge in [-0.2, -0.15) is 0 Å². The molecule has 1 heterocycles. The monoisotopic (exact) mass is 289 g/mol. The first-order valence-corrected chi connectivity index (χ1v) is 6.77. The van der Waals surface area contributed by atoms with Crippen LogP contribution in [0.1, 0.15) is 19.5 Å². The summed E-state index contributed by atoms with van der Waals surface area (Å²) in [6.45, 7) is 4.71. The Kier molecular flexibility index (Phi) is 6.80. The Morgan fingerprint density at radius 3 is 2.52 bits per heavy atom. The Balaban J connectivity index is 3.11. The average Bonchev–Trinajstić information content (AvgIpc) is 2.52. The molecule has 1 rings (SSSR count). The van der Waals surface area contributed by atoms with Crippen LogP contribution in [0, 0.1) is 0 Å². The zero-order chi connectivity index (χ0) is 15.7. The summed E-state index contributed by atoms with van der Waals surface area (Å²) < 4.78 is 0. The number of aromatic nitrogens is 1. The van der Waals surface area contributed by atoms with Gasteiger partial charge in [-0.15, -0.1) is 0 Å². The number of carbonyl (C=O) groups excluding carboxylic acids is 3. The normalized spacial score (nSPS) is 10.9. The molecule has 21 heavy (non-hydrogen) atoms. The molecule has 0 saturated heterocycles. The van der Waals surface area contributed by atoms with E-state index in [0.717, 1.165) is 0 Å². The molecule has 6 nitrogen and oxygen atoms in total. The predicted molar refractivity (Wildman–Crippen MR) is 79.2 cm³/mol. The average molecular weight is 289 g/mol. The van der Waals surface area contributed by atoms with E-state index in [2.05, 4.69) is 10.3 Å². The summed E-state index contributed by atoms with van der Waals surface area (Å²) in [5, 5.41) is 2.38. The van der Waals surface area contributed by atoms with E-state index in [1.807, 2.05) is 13.8 Å². The molecule has 0 bridgehead atoms. The third kappa shape index (κ3) is 4.83. The van der Waals surface area contributed by atoms with Gasteiger partial charge in [-0.3, -0.25) is 14.6 Å². The first-order chi connectivity index (χ1) is 10.1. The Labute approximate surface area is 123 Å². The fraction of sp³-hybridized carbons (Fsp3) is 0.333. The van der Waals surface area contributed by atoms with Crippen molar-refractivity contribution in [2.45, 2.75) is 13.8 Å². The second kappa shape index (κ2) is 8.63. The number of pyridine rings is 1. The summed E-state index contributed by atoms with van der Waals surface area (Å²) >= 11 is 0. The Morgan fingerprint density at radius 2 is 2.00 bits per heavy atom. The van der Waals surface area contributed by atoms with Crippen molar-refractivity contribution in [2.24, 2.45) is 0 Å². The van der Waals surface area contributed by atoms with Gasteiger partial charge in [-0.25, -0.2) is 0 Å². The van der Waals surface area contributed by atoms with Crippen molar-refractivity contribution in [2.75, 3.05) is 19.6 Å². The number of hydrogen-bond donors (Lipinski definition) is 1. The van der Waals surface area contributed by atoms with Crippen molar-refractivity contribution in [3.63, 3.8) is 0 Å². The maximum atomic E-state index is 12.5. The topological polar surface area (TPSA) is 79.4 Å². The molecule has 0 aromatic carbocycles. The zero-order valence-electron chi connectivity index (χ0n) is 12.2. The lowest BCUT2D eigenvalue weighted by Crippen LogP contribution is -2.32. The molecule has 0 radical (unpaired) electrons. The van der Waals surface area contributed by atoms with E-state index in [1.54, 1.807) is 29.3 Å². The van der Waals surface area contributed by atoms with Gasteiger partial charge in [0.25, 0.3) is 5.91 Å². The number of rotatable bonds is 7. The molecule has 0 atom stereocenters. The molecule has 0 aliphatic carbocycles. The SMILES string of the molecule is CCN(CC)C(=O)C(=CC(=O)NCC=O)c1ccccn1. The third-order valence-corrected chi connectivity index (χ3v) is 2.86. The number of nitrogens with one attached hydrogen (secondary N) is 1. The summed E-state index contributed by atoms with van der Waals surface area (Å²) in [5.41, 5.74) is 0.637. The molecule has 1 aromatic rings. The minimum absolute atomic E-state index is 0.0930. The molecule has 0 fully saturated rings. The highest BCUT2D eigenvalue weighted by Gasteiger charge is 2.19. The lowest BCUT2D eigenvalue weighted by molar-refractivity contribution is -0.125. The highest BCUT2D eigenvalue weighted by atomic mass is 16.2. The van der Waals surface area contributed by atoms with Crippen LogP contribution in [0.25, 0.3) is 5.57 Å². The van der Waals surface area contributed by atoms with Crippen LogP contribution in [-0.4, -0.2) is 47.6 Å². The fourth-order valence-corrected chi connectivity index (χ4v) is 1.77. The van der Waals surface area contributed by atoms with E-state index in [4.69, 9.17) is 0 Å². The maximum Gasteiger partial charge on any atom is 0.256 e. The molecule has 0 unspecified atom stereocenters. The molecule has 1 aromatic heterocycles. The first-order valence-electron chi connectivity index (χ1n) is 6.77. The van der Waals surface area contributed by atoms with Gasteiger partial charge in [0.1, 0.15) is 6.29 Å². The quantitative estimate of drug-likeness (QED) is 0.590. The van der Waals surface area contributed by atoms with Crippen molar-refractivity contribution < 1.29 is 14.4 Å². The fourth-order valence-electron chi connectivity index (χ4n) is 1.77. The first kappa shape index (κ1) is 16.6. The van der Waals surface area contributed by atoms with Crippen LogP contribution >= 0.6 is 0 Å². The van der Waals surface area contributed by atoms with Gasteiger partial charge in [-0.1, -0.05) is 6.07 Å². The molecule has 0 aliphatic heterocycles. The Morgan fingerprint density at radius 1 is 1.29 bits per heavy atom. The summed E-state index contributed by atoms with van der Waals surface area (Å²) in [5.74, 6) is -0.761. The highest BCUT2D eigenvalue weighted by molar-refractivity contribution is 6.23. The van der Waals surface area contributed by atoms with Gasteiger partial charge in [0, 0.05) is 25.4 Å². The smallest absolute Gasteiger partial charge is 0.256 e. The van der Waals surface area contributed by atoms with Crippen molar-refractivity contribution in [3.8, 4) is 0 Å². The van der Waals surface area contributed by atoms with Gasteiger partial charge in [0.15, 0.2) is 0 Å². The van der Waals surface area contributed by atoms with Gasteiger partial charge in [0.2, 0.25) is 5.91 Å². The minimum atomic E-state index is -0.497. The van der Waals surface area contributed by atoms with Crippen molar-refractivity contribution in [1.82, 2.24) is 15.2 Å². The third-order valence-electron chi connectivity index (χ3n) is 2.86. The molecule has 2 amide bonds. The molecular formula is C15H19N3O3. The van der Waals surface area contributed by atoms with Crippen LogP contribution in [0.4, 0.5) is 0 Å². The second-order valence-electron chi connectivity index (χ2n) is 4.16. The number of aldehydes is 1. The molecular weight excluding hydrogens is 270 g/mol. The minimum Gasteiger partial charge on any atom is -0.346 e. The Bertz CT molecular complexity index is 522. The van der Waals surface area contributed by atoms with Crippen LogP contribution < -0.4 is 5.32 Å². The molecule has 0 spiro atoms. The van der Waals surface area contributed by atoms with E-state index in [0.29, 0.717) is 25.1 Å². The van der Waals surface area contributed by atoms with Gasteiger partial charge in [-0.05, 0) is 26.0 Å². The largest absolute Gasteiger partial charge is 0.346 e. The lowest BCUT2D eigenvalue weighted by atomic mass is 10.1. The van der Waals surface area contributed by atoms with Crippen molar-refractivity contribution in [1.29, 1.82) is 0 Å². The number of carbonyl (C=O) groups is 3. The molecule has 0 aliphatic rings. The van der Waals surface area contributed by atoms with Crippen LogP contribution in [0.2, 0.25) is 0 Å². The maximum absolute atomic E-state index is 12.5. The van der Waals surface area contributed by atoms with Crippen LogP contribution in [0.5, 0.6) is 0 Å². The summed E-state index contributed by atoms with van der Waals surface area (Å²) in [6, 6.07) is 5.14. The van der Waals surface area contributed by atoms with E-state index in [1.165, 1.54) is 6.08 Å². The van der Waals surface area contributed by atoms with Gasteiger partial charge >= 0.3 is 0 Å². The van der Waals surface area contributed by atoms with E-state index in [-0.39, 0.29) is 18.0 Å². The van der Waals surface area contributed by atoms with Crippen molar-refractivity contribution >= 4 is 23.7 Å². The lowest BCUT2D eigenvalue weighted by Gasteiger charge is -2.20. The number of nitrogens with zero attached hydrogens (tertiary/aromatic N) is 2. The molecule has 1 N–H and O–H groups in total. The summed E-state index contributed by atoms with van der Waals surface area (Å²) in [6.07, 6.45) is 3.33. The van der Waals surface area contributed by atoms with Gasteiger partial charge < -0.3 is 15.0 Å². The van der Waals surface area contributed by atoms with E-state index < -0.39 is 5.91 Å². The van der Waals surface area contributed by atoms with E-state index >= 15 is 0 Å². The molecule has 112 valence electrons. The number of likely N-dealkylation sites (N-methyl/N-ethyl adjacent to an activating group) is 1. The zero-order valence-corrected chi connectivity index (χ0v) is 12.2. The summed E-state index contributed by atoms with van der Waals surface area (Å²) in [4.78, 5) is 40.2. The second-order valence-corrected chi connectivity index (χ2v) is 4.16. The van der Waals surface area contributed by atoms with Crippen LogP contribution in [0.3, 0.4) is 0 Å². The van der Waals surface area contributed by atoms with Crippen LogP contribution in [0.15, 0.2) is 30.5 Å². The standard InChI is InChI=1S/C15H19N3O3/c1-3-18(4-2)15(21)12(11-14(20)17-9-10-19)13-7-5-6-8-16-13/h5-8,10-11H,3-4,9H2,1-2H3,(H,17,20). The highest BCUT2D eigenvalue weighted by Crippen LogP contribution is 2.14.